The van der Waals surface area contributed by atoms with Crippen LogP contribution in [0.1, 0.15) is 68.4 Å². The Kier molecular flexibility index (Phi) is 4.23. The molecule has 0 unspecified atom stereocenters. The number of hydrogen-bond acceptors (Lipinski definition) is 4. The zero-order valence-corrected chi connectivity index (χ0v) is 14.4. The van der Waals surface area contributed by atoms with E-state index in [1.807, 2.05) is 32.6 Å². The van der Waals surface area contributed by atoms with Crippen LogP contribution in [0, 0.1) is 5.92 Å². The first-order chi connectivity index (χ1) is 10.8. The first kappa shape index (κ1) is 16.5. The maximum absolute atomic E-state index is 12.8. The second kappa shape index (κ2) is 5.91. The molecule has 0 bridgehead atoms. The summed E-state index contributed by atoms with van der Waals surface area (Å²) in [5.41, 5.74) is 1.78. The van der Waals surface area contributed by atoms with E-state index in [0.717, 1.165) is 11.3 Å². The number of amides is 1. The van der Waals surface area contributed by atoms with Gasteiger partial charge in [-0.1, -0.05) is 13.8 Å². The number of piperidine rings is 1. The van der Waals surface area contributed by atoms with Gasteiger partial charge in [0.2, 0.25) is 0 Å². The van der Waals surface area contributed by atoms with E-state index in [-0.39, 0.29) is 24.0 Å². The molecule has 3 rings (SSSR count). The third kappa shape index (κ3) is 2.90. The third-order valence-electron chi connectivity index (χ3n) is 5.43. The van der Waals surface area contributed by atoms with Crippen molar-refractivity contribution in [2.75, 3.05) is 13.1 Å². The molecule has 0 aliphatic carbocycles. The summed E-state index contributed by atoms with van der Waals surface area (Å²) in [7, 11) is 0. The zero-order chi connectivity index (χ0) is 16.8. The fourth-order valence-electron chi connectivity index (χ4n) is 3.67. The number of likely N-dealkylation sites (tertiary alicyclic amines) is 1. The molecule has 2 N–H and O–H groups in total. The molecule has 128 valence electrons. The van der Waals surface area contributed by atoms with E-state index < -0.39 is 5.60 Å². The van der Waals surface area contributed by atoms with Crippen LogP contribution in [0.3, 0.4) is 0 Å². The van der Waals surface area contributed by atoms with Gasteiger partial charge < -0.3 is 14.7 Å². The lowest BCUT2D eigenvalue weighted by Gasteiger charge is -2.40. The van der Waals surface area contributed by atoms with Crippen molar-refractivity contribution < 1.29 is 14.6 Å². The normalized spacial score (nSPS) is 27.1. The number of aromatic amines is 1. The quantitative estimate of drug-likeness (QED) is 0.874. The molecule has 0 saturated carbocycles. The van der Waals surface area contributed by atoms with E-state index in [0.29, 0.717) is 38.0 Å². The number of carbonyl (C=O) groups excluding carboxylic acids is 1. The molecule has 2 atom stereocenters. The van der Waals surface area contributed by atoms with Gasteiger partial charge in [-0.25, -0.2) is 0 Å². The van der Waals surface area contributed by atoms with Crippen molar-refractivity contribution in [1.29, 1.82) is 0 Å². The van der Waals surface area contributed by atoms with Gasteiger partial charge in [0.1, 0.15) is 0 Å². The van der Waals surface area contributed by atoms with Gasteiger partial charge in [-0.15, -0.1) is 0 Å². The van der Waals surface area contributed by atoms with Crippen LogP contribution in [0.5, 0.6) is 0 Å². The average molecular weight is 321 g/mol. The highest BCUT2D eigenvalue weighted by Crippen LogP contribution is 2.33. The van der Waals surface area contributed by atoms with Crippen LogP contribution < -0.4 is 0 Å². The van der Waals surface area contributed by atoms with Crippen molar-refractivity contribution in [3.8, 4) is 0 Å². The van der Waals surface area contributed by atoms with E-state index in [9.17, 15) is 9.90 Å². The molecule has 1 amide bonds. The standard InChI is InChI=1S/C17H27N3O3/c1-10(2)17(22)5-7-20(8-6-17)16(21)15-13-9-11(3)23-12(4)14(13)18-19-15/h10-12,22H,5-9H2,1-4H3,(H,18,19)/t11-,12+/m0/s1. The van der Waals surface area contributed by atoms with E-state index in [2.05, 4.69) is 10.2 Å². The Bertz CT molecular complexity index is 588. The Morgan fingerprint density at radius 2 is 2.04 bits per heavy atom. The number of aromatic nitrogens is 2. The Morgan fingerprint density at radius 1 is 1.39 bits per heavy atom. The molecule has 3 heterocycles. The number of nitrogens with one attached hydrogen (secondary N) is 1. The molecule has 2 aliphatic heterocycles. The Morgan fingerprint density at radius 3 is 2.65 bits per heavy atom. The minimum absolute atomic E-state index is 0.0328. The van der Waals surface area contributed by atoms with Gasteiger partial charge in [0, 0.05) is 25.1 Å². The van der Waals surface area contributed by atoms with Crippen LogP contribution in [-0.4, -0.2) is 50.9 Å². The predicted molar refractivity (Wildman–Crippen MR) is 86.2 cm³/mol. The molecule has 1 fully saturated rings. The Labute approximate surface area is 137 Å². The number of rotatable bonds is 2. The fraction of sp³-hybridized carbons (Fsp3) is 0.765. The monoisotopic (exact) mass is 321 g/mol. The summed E-state index contributed by atoms with van der Waals surface area (Å²) in [6.07, 6.45) is 1.99. The molecular weight excluding hydrogens is 294 g/mol. The van der Waals surface area contributed by atoms with Gasteiger partial charge in [-0.05, 0) is 32.6 Å². The largest absolute Gasteiger partial charge is 0.389 e. The Hall–Kier alpha value is -1.40. The van der Waals surface area contributed by atoms with Crippen LogP contribution in [0.2, 0.25) is 0 Å². The van der Waals surface area contributed by atoms with Crippen LogP contribution in [0.25, 0.3) is 0 Å². The number of hydrogen-bond donors (Lipinski definition) is 2. The van der Waals surface area contributed by atoms with Crippen molar-refractivity contribution in [1.82, 2.24) is 15.1 Å². The molecule has 0 spiro atoms. The highest BCUT2D eigenvalue weighted by atomic mass is 16.5. The van der Waals surface area contributed by atoms with Crippen molar-refractivity contribution in [3.63, 3.8) is 0 Å². The van der Waals surface area contributed by atoms with E-state index in [1.165, 1.54) is 0 Å². The number of H-pyrrole nitrogens is 1. The Balaban J connectivity index is 1.76. The fourth-order valence-corrected chi connectivity index (χ4v) is 3.67. The predicted octanol–water partition coefficient (Wildman–Crippen LogP) is 2.05. The summed E-state index contributed by atoms with van der Waals surface area (Å²) in [5, 5.41) is 17.8. The van der Waals surface area contributed by atoms with Crippen molar-refractivity contribution in [3.05, 3.63) is 17.0 Å². The second-order valence-electron chi connectivity index (χ2n) is 7.31. The maximum atomic E-state index is 12.8. The van der Waals surface area contributed by atoms with Crippen LogP contribution in [0.15, 0.2) is 0 Å². The number of carbonyl (C=O) groups is 1. The van der Waals surface area contributed by atoms with Gasteiger partial charge in [0.15, 0.2) is 5.69 Å². The number of fused-ring (bicyclic) bond motifs is 1. The average Bonchev–Trinajstić information content (AvgIpc) is 2.91. The van der Waals surface area contributed by atoms with E-state index in [1.54, 1.807) is 0 Å². The zero-order valence-electron chi connectivity index (χ0n) is 14.4. The summed E-state index contributed by atoms with van der Waals surface area (Å²) in [6, 6.07) is 0. The van der Waals surface area contributed by atoms with Gasteiger partial charge in [0.25, 0.3) is 5.91 Å². The van der Waals surface area contributed by atoms with Crippen molar-refractivity contribution in [2.24, 2.45) is 5.92 Å². The molecule has 23 heavy (non-hydrogen) atoms. The molecule has 2 aliphatic rings. The third-order valence-corrected chi connectivity index (χ3v) is 5.43. The number of ether oxygens (including phenoxy) is 1. The minimum atomic E-state index is -0.654. The van der Waals surface area contributed by atoms with E-state index in [4.69, 9.17) is 4.74 Å². The van der Waals surface area contributed by atoms with Gasteiger partial charge in [-0.2, -0.15) is 5.10 Å². The van der Waals surface area contributed by atoms with Gasteiger partial charge in [0.05, 0.1) is 23.5 Å². The molecule has 1 saturated heterocycles. The molecule has 6 heteroatoms. The summed E-state index contributed by atoms with van der Waals surface area (Å²) in [5.74, 6) is 0.173. The lowest BCUT2D eigenvalue weighted by molar-refractivity contribution is -0.0513. The van der Waals surface area contributed by atoms with Crippen molar-refractivity contribution in [2.45, 2.75) is 64.8 Å². The lowest BCUT2D eigenvalue weighted by Crippen LogP contribution is -2.49. The summed E-state index contributed by atoms with van der Waals surface area (Å²) < 4.78 is 5.78. The van der Waals surface area contributed by atoms with Gasteiger partial charge >= 0.3 is 0 Å². The molecule has 0 aromatic carbocycles. The van der Waals surface area contributed by atoms with Gasteiger partial charge in [-0.3, -0.25) is 9.89 Å². The molecule has 0 radical (unpaired) electrons. The first-order valence-electron chi connectivity index (χ1n) is 8.56. The summed E-state index contributed by atoms with van der Waals surface area (Å²) >= 11 is 0. The topological polar surface area (TPSA) is 78.5 Å². The molecule has 6 nitrogen and oxygen atoms in total. The minimum Gasteiger partial charge on any atom is -0.389 e. The summed E-state index contributed by atoms with van der Waals surface area (Å²) in [6.45, 7) is 9.22. The highest BCUT2D eigenvalue weighted by Gasteiger charge is 2.38. The lowest BCUT2D eigenvalue weighted by atomic mass is 9.81. The maximum Gasteiger partial charge on any atom is 0.274 e. The van der Waals surface area contributed by atoms with Crippen LogP contribution in [-0.2, 0) is 11.2 Å². The molecular formula is C17H27N3O3. The van der Waals surface area contributed by atoms with E-state index >= 15 is 0 Å². The molecule has 1 aromatic heterocycles. The number of aliphatic hydroxyl groups is 1. The number of nitrogens with zero attached hydrogens (tertiary/aromatic N) is 2. The summed E-state index contributed by atoms with van der Waals surface area (Å²) in [4.78, 5) is 14.7. The van der Waals surface area contributed by atoms with Crippen LogP contribution in [0.4, 0.5) is 0 Å². The first-order valence-corrected chi connectivity index (χ1v) is 8.56. The highest BCUT2D eigenvalue weighted by molar-refractivity contribution is 5.94. The second-order valence-corrected chi connectivity index (χ2v) is 7.31. The van der Waals surface area contributed by atoms with Crippen molar-refractivity contribution >= 4 is 5.91 Å². The smallest absolute Gasteiger partial charge is 0.274 e. The SMILES string of the molecule is CC(C)C1(O)CCN(C(=O)c2n[nH]c3c2C[C@H](C)O[C@@H]3C)CC1. The van der Waals surface area contributed by atoms with Crippen LogP contribution >= 0.6 is 0 Å². The molecule has 1 aromatic rings.